The molecule has 4 nitrogen and oxygen atoms in total. The average Bonchev–Trinajstić information content (AvgIpc) is 3.01. The molecule has 0 saturated heterocycles. The van der Waals surface area contributed by atoms with Gasteiger partial charge in [0.15, 0.2) is 0 Å². The van der Waals surface area contributed by atoms with Gasteiger partial charge in [-0.15, -0.1) is 0 Å². The van der Waals surface area contributed by atoms with Crippen molar-refractivity contribution < 1.29 is 4.79 Å². The highest BCUT2D eigenvalue weighted by molar-refractivity contribution is 5.95. The lowest BCUT2D eigenvalue weighted by Gasteiger charge is -2.28. The summed E-state index contributed by atoms with van der Waals surface area (Å²) in [5.41, 5.74) is 5.50. The third-order valence-corrected chi connectivity index (χ3v) is 4.31. The third-order valence-electron chi connectivity index (χ3n) is 4.31. The standard InChI is InChI=1S/C17H17N3O/c21-17(13-3-4-15-12(10-13)5-8-19-15)20-9-6-16-14(11-20)2-1-7-18-16/h1-4,7,10,19H,5-6,8-9,11H2. The Kier molecular flexibility index (Phi) is 2.88. The second-order valence-corrected chi connectivity index (χ2v) is 5.63. The van der Waals surface area contributed by atoms with Gasteiger partial charge in [0, 0.05) is 49.2 Å². The fourth-order valence-corrected chi connectivity index (χ4v) is 3.16. The highest BCUT2D eigenvalue weighted by Gasteiger charge is 2.23. The molecule has 0 spiro atoms. The molecule has 1 amide bonds. The number of amides is 1. The number of fused-ring (bicyclic) bond motifs is 2. The number of pyridine rings is 1. The summed E-state index contributed by atoms with van der Waals surface area (Å²) in [5, 5.41) is 3.33. The zero-order chi connectivity index (χ0) is 14.2. The molecule has 2 aliphatic heterocycles. The predicted molar refractivity (Wildman–Crippen MR) is 81.3 cm³/mol. The molecule has 0 saturated carbocycles. The average molecular weight is 279 g/mol. The van der Waals surface area contributed by atoms with E-state index in [0.717, 1.165) is 37.2 Å². The number of hydrogen-bond acceptors (Lipinski definition) is 3. The number of rotatable bonds is 1. The number of aromatic nitrogens is 1. The molecule has 0 radical (unpaired) electrons. The summed E-state index contributed by atoms with van der Waals surface area (Å²) in [7, 11) is 0. The second-order valence-electron chi connectivity index (χ2n) is 5.63. The van der Waals surface area contributed by atoms with E-state index >= 15 is 0 Å². The van der Waals surface area contributed by atoms with E-state index in [1.165, 1.54) is 16.8 Å². The monoisotopic (exact) mass is 279 g/mol. The molecule has 0 aliphatic carbocycles. The van der Waals surface area contributed by atoms with Crippen molar-refractivity contribution >= 4 is 11.6 Å². The van der Waals surface area contributed by atoms with Crippen LogP contribution in [0.25, 0.3) is 0 Å². The van der Waals surface area contributed by atoms with Crippen molar-refractivity contribution in [3.63, 3.8) is 0 Å². The largest absolute Gasteiger partial charge is 0.384 e. The van der Waals surface area contributed by atoms with Gasteiger partial charge in [0.1, 0.15) is 0 Å². The Bertz CT molecular complexity index is 711. The van der Waals surface area contributed by atoms with Gasteiger partial charge in [-0.1, -0.05) is 6.07 Å². The van der Waals surface area contributed by atoms with Crippen molar-refractivity contribution in [1.82, 2.24) is 9.88 Å². The summed E-state index contributed by atoms with van der Waals surface area (Å²) < 4.78 is 0. The van der Waals surface area contributed by atoms with Crippen LogP contribution >= 0.6 is 0 Å². The summed E-state index contributed by atoms with van der Waals surface area (Å²) in [6, 6.07) is 9.99. The lowest BCUT2D eigenvalue weighted by molar-refractivity contribution is 0.0733. The van der Waals surface area contributed by atoms with Gasteiger partial charge in [-0.2, -0.15) is 0 Å². The van der Waals surface area contributed by atoms with Gasteiger partial charge < -0.3 is 10.2 Å². The zero-order valence-electron chi connectivity index (χ0n) is 11.8. The quantitative estimate of drug-likeness (QED) is 0.871. The molecule has 2 aromatic rings. The number of nitrogens with one attached hydrogen (secondary N) is 1. The molecule has 106 valence electrons. The summed E-state index contributed by atoms with van der Waals surface area (Å²) in [5.74, 6) is 0.124. The van der Waals surface area contributed by atoms with E-state index in [9.17, 15) is 4.79 Å². The molecule has 1 N–H and O–H groups in total. The molecular weight excluding hydrogens is 262 g/mol. The Morgan fingerprint density at radius 1 is 1.19 bits per heavy atom. The van der Waals surface area contributed by atoms with Gasteiger partial charge >= 0.3 is 0 Å². The first-order valence-corrected chi connectivity index (χ1v) is 7.40. The van der Waals surface area contributed by atoms with Gasteiger partial charge in [-0.05, 0) is 41.8 Å². The summed E-state index contributed by atoms with van der Waals surface area (Å²) >= 11 is 0. The van der Waals surface area contributed by atoms with E-state index < -0.39 is 0 Å². The van der Waals surface area contributed by atoms with E-state index in [4.69, 9.17) is 0 Å². The molecule has 21 heavy (non-hydrogen) atoms. The van der Waals surface area contributed by atoms with Gasteiger partial charge in [-0.3, -0.25) is 9.78 Å². The van der Waals surface area contributed by atoms with E-state index in [1.807, 2.05) is 35.4 Å². The second kappa shape index (κ2) is 4.88. The molecule has 3 heterocycles. The SMILES string of the molecule is O=C(c1ccc2c(c1)CCN2)N1CCc2ncccc2C1. The van der Waals surface area contributed by atoms with Crippen molar-refractivity contribution in [2.24, 2.45) is 0 Å². The van der Waals surface area contributed by atoms with Crippen LogP contribution in [-0.2, 0) is 19.4 Å². The van der Waals surface area contributed by atoms with Crippen LogP contribution in [-0.4, -0.2) is 28.9 Å². The van der Waals surface area contributed by atoms with Crippen LogP contribution in [0.1, 0.15) is 27.2 Å². The highest BCUT2D eigenvalue weighted by atomic mass is 16.2. The molecule has 0 fully saturated rings. The maximum Gasteiger partial charge on any atom is 0.254 e. The van der Waals surface area contributed by atoms with Gasteiger partial charge in [0.25, 0.3) is 5.91 Å². The Labute approximate surface area is 123 Å². The van der Waals surface area contributed by atoms with Crippen molar-refractivity contribution in [3.05, 3.63) is 58.9 Å². The van der Waals surface area contributed by atoms with Crippen LogP contribution in [0.4, 0.5) is 5.69 Å². The Morgan fingerprint density at radius 3 is 3.10 bits per heavy atom. The van der Waals surface area contributed by atoms with Gasteiger partial charge in [0.05, 0.1) is 0 Å². The normalized spacial score (nSPS) is 16.1. The molecule has 1 aromatic heterocycles. The Morgan fingerprint density at radius 2 is 2.14 bits per heavy atom. The van der Waals surface area contributed by atoms with E-state index in [1.54, 1.807) is 0 Å². The minimum Gasteiger partial charge on any atom is -0.384 e. The summed E-state index contributed by atoms with van der Waals surface area (Å²) in [6.45, 7) is 2.38. The molecule has 0 unspecified atom stereocenters. The minimum atomic E-state index is 0.124. The lowest BCUT2D eigenvalue weighted by atomic mass is 10.0. The summed E-state index contributed by atoms with van der Waals surface area (Å²) in [6.07, 6.45) is 3.67. The molecule has 1 aromatic carbocycles. The molecule has 4 heteroatoms. The number of carbonyl (C=O) groups excluding carboxylic acids is 1. The van der Waals surface area contributed by atoms with E-state index in [-0.39, 0.29) is 5.91 Å². The van der Waals surface area contributed by atoms with Gasteiger partial charge in [-0.25, -0.2) is 0 Å². The first-order valence-electron chi connectivity index (χ1n) is 7.40. The lowest BCUT2D eigenvalue weighted by Crippen LogP contribution is -2.36. The third kappa shape index (κ3) is 2.17. The number of carbonyl (C=O) groups is 1. The number of hydrogen-bond donors (Lipinski definition) is 1. The smallest absolute Gasteiger partial charge is 0.254 e. The number of anilines is 1. The Hall–Kier alpha value is -2.36. The van der Waals surface area contributed by atoms with Crippen LogP contribution in [0, 0.1) is 0 Å². The van der Waals surface area contributed by atoms with Crippen LogP contribution in [0.15, 0.2) is 36.5 Å². The fourth-order valence-electron chi connectivity index (χ4n) is 3.16. The minimum absolute atomic E-state index is 0.124. The van der Waals surface area contributed by atoms with Crippen LogP contribution in [0.2, 0.25) is 0 Å². The maximum absolute atomic E-state index is 12.7. The van der Waals surface area contributed by atoms with Crippen LogP contribution in [0.3, 0.4) is 0 Å². The van der Waals surface area contributed by atoms with Crippen molar-refractivity contribution in [2.45, 2.75) is 19.4 Å². The highest BCUT2D eigenvalue weighted by Crippen LogP contribution is 2.25. The topological polar surface area (TPSA) is 45.2 Å². The maximum atomic E-state index is 12.7. The molecule has 0 atom stereocenters. The van der Waals surface area contributed by atoms with Gasteiger partial charge in [0.2, 0.25) is 0 Å². The number of nitrogens with zero attached hydrogens (tertiary/aromatic N) is 2. The molecular formula is C17H17N3O. The zero-order valence-corrected chi connectivity index (χ0v) is 11.8. The van der Waals surface area contributed by atoms with Crippen molar-refractivity contribution in [3.8, 4) is 0 Å². The van der Waals surface area contributed by atoms with Crippen LogP contribution < -0.4 is 5.32 Å². The summed E-state index contributed by atoms with van der Waals surface area (Å²) in [4.78, 5) is 19.0. The molecule has 2 aliphatic rings. The molecule has 4 rings (SSSR count). The number of benzene rings is 1. The molecule has 0 bridgehead atoms. The van der Waals surface area contributed by atoms with E-state index in [2.05, 4.69) is 16.4 Å². The first-order chi connectivity index (χ1) is 10.3. The van der Waals surface area contributed by atoms with Crippen molar-refractivity contribution in [2.75, 3.05) is 18.4 Å². The predicted octanol–water partition coefficient (Wildman–Crippen LogP) is 2.25. The van der Waals surface area contributed by atoms with Crippen LogP contribution in [0.5, 0.6) is 0 Å². The Balaban J connectivity index is 1.59. The van der Waals surface area contributed by atoms with E-state index in [0.29, 0.717) is 6.54 Å². The fraction of sp³-hybridized carbons (Fsp3) is 0.294. The van der Waals surface area contributed by atoms with Crippen molar-refractivity contribution in [1.29, 1.82) is 0 Å². The first kappa shape index (κ1) is 12.4.